The molecule has 1 saturated heterocycles. The van der Waals surface area contributed by atoms with Crippen LogP contribution in [0.25, 0.3) is 0 Å². The Kier molecular flexibility index (Phi) is 7.17. The van der Waals surface area contributed by atoms with E-state index in [9.17, 15) is 4.79 Å². The molecule has 0 unspecified atom stereocenters. The summed E-state index contributed by atoms with van der Waals surface area (Å²) in [7, 11) is 0. The van der Waals surface area contributed by atoms with Crippen molar-refractivity contribution >= 4 is 18.5 Å². The van der Waals surface area contributed by atoms with E-state index in [0.717, 1.165) is 18.7 Å². The fourth-order valence-electron chi connectivity index (χ4n) is 2.58. The van der Waals surface area contributed by atoms with Gasteiger partial charge in [-0.05, 0) is 63.7 Å². The highest BCUT2D eigenvalue weighted by atomic mass is 35.5. The normalized spacial score (nSPS) is 15.8. The minimum atomic E-state index is -0.366. The predicted octanol–water partition coefficient (Wildman–Crippen LogP) is 3.60. The lowest BCUT2D eigenvalue weighted by molar-refractivity contribution is 0.131. The van der Waals surface area contributed by atoms with Crippen molar-refractivity contribution in [3.8, 4) is 0 Å². The molecule has 1 heterocycles. The Morgan fingerprint density at radius 2 is 2.00 bits per heavy atom. The van der Waals surface area contributed by atoms with E-state index in [1.165, 1.54) is 18.4 Å². The van der Waals surface area contributed by atoms with Crippen LogP contribution in [0.15, 0.2) is 24.3 Å². The smallest absolute Gasteiger partial charge is 0.407 e. The van der Waals surface area contributed by atoms with Gasteiger partial charge in [0.2, 0.25) is 0 Å². The number of hydrogen-bond donors (Lipinski definition) is 2. The van der Waals surface area contributed by atoms with Gasteiger partial charge < -0.3 is 15.4 Å². The Morgan fingerprint density at radius 1 is 1.32 bits per heavy atom. The largest absolute Gasteiger partial charge is 0.445 e. The second-order valence-electron chi connectivity index (χ2n) is 6.72. The van der Waals surface area contributed by atoms with E-state index in [-0.39, 0.29) is 24.0 Å². The van der Waals surface area contributed by atoms with Gasteiger partial charge in [0.15, 0.2) is 0 Å². The summed E-state index contributed by atoms with van der Waals surface area (Å²) in [6.45, 7) is 8.30. The molecule has 0 atom stereocenters. The summed E-state index contributed by atoms with van der Waals surface area (Å²) in [5, 5.41) is 6.18. The molecule has 1 aliphatic heterocycles. The number of hydrogen-bond acceptors (Lipinski definition) is 3. The summed E-state index contributed by atoms with van der Waals surface area (Å²) in [5.74, 6) is 0.620. The number of ether oxygens (including phenoxy) is 1. The Labute approximate surface area is 139 Å². The Balaban J connectivity index is 0.00000242. The fourth-order valence-corrected chi connectivity index (χ4v) is 2.58. The molecule has 5 heteroatoms. The third-order valence-electron chi connectivity index (χ3n) is 3.61. The van der Waals surface area contributed by atoms with Crippen molar-refractivity contribution in [3.63, 3.8) is 0 Å². The summed E-state index contributed by atoms with van der Waals surface area (Å²) in [6.07, 6.45) is 1.98. The van der Waals surface area contributed by atoms with Gasteiger partial charge in [-0.25, -0.2) is 4.79 Å². The van der Waals surface area contributed by atoms with Crippen LogP contribution in [0.3, 0.4) is 0 Å². The van der Waals surface area contributed by atoms with Crippen LogP contribution < -0.4 is 10.6 Å². The number of rotatable bonds is 3. The zero-order chi connectivity index (χ0) is 15.3. The van der Waals surface area contributed by atoms with Crippen molar-refractivity contribution in [3.05, 3.63) is 35.4 Å². The van der Waals surface area contributed by atoms with Crippen molar-refractivity contribution in [1.82, 2.24) is 10.6 Å². The van der Waals surface area contributed by atoms with Crippen LogP contribution in [-0.4, -0.2) is 24.7 Å². The van der Waals surface area contributed by atoms with E-state index >= 15 is 0 Å². The fraction of sp³-hybridized carbons (Fsp3) is 0.588. The molecular formula is C17H27ClN2O2. The van der Waals surface area contributed by atoms with Gasteiger partial charge in [-0.3, -0.25) is 0 Å². The third-order valence-corrected chi connectivity index (χ3v) is 3.61. The second kappa shape index (κ2) is 8.39. The summed E-state index contributed by atoms with van der Waals surface area (Å²) in [5.41, 5.74) is 2.14. The monoisotopic (exact) mass is 326 g/mol. The van der Waals surface area contributed by atoms with E-state index in [1.54, 1.807) is 0 Å². The van der Waals surface area contributed by atoms with E-state index < -0.39 is 0 Å². The van der Waals surface area contributed by atoms with Crippen molar-refractivity contribution in [2.45, 2.75) is 51.7 Å². The van der Waals surface area contributed by atoms with Crippen LogP contribution >= 0.6 is 12.4 Å². The van der Waals surface area contributed by atoms with E-state index in [4.69, 9.17) is 4.74 Å². The summed E-state index contributed by atoms with van der Waals surface area (Å²) >= 11 is 0. The molecule has 2 N–H and O–H groups in total. The maximum absolute atomic E-state index is 11.7. The Morgan fingerprint density at radius 3 is 2.64 bits per heavy atom. The van der Waals surface area contributed by atoms with Crippen molar-refractivity contribution < 1.29 is 9.53 Å². The average Bonchev–Trinajstić information content (AvgIpc) is 2.45. The van der Waals surface area contributed by atoms with Crippen molar-refractivity contribution in [1.29, 1.82) is 0 Å². The number of carbonyl (C=O) groups excluding carboxylic acids is 1. The van der Waals surface area contributed by atoms with Gasteiger partial charge in [-0.15, -0.1) is 12.4 Å². The lowest BCUT2D eigenvalue weighted by Gasteiger charge is -2.23. The van der Waals surface area contributed by atoms with Gasteiger partial charge in [0.1, 0.15) is 6.61 Å². The maximum atomic E-state index is 11.7. The highest BCUT2D eigenvalue weighted by Crippen LogP contribution is 2.25. The zero-order valence-electron chi connectivity index (χ0n) is 13.6. The van der Waals surface area contributed by atoms with Crippen molar-refractivity contribution in [2.75, 3.05) is 13.1 Å². The molecule has 0 bridgehead atoms. The first-order valence-corrected chi connectivity index (χ1v) is 7.68. The SMILES string of the molecule is CC(C)(C)NC(=O)OCc1cccc(C2CCNCC2)c1.Cl. The number of nitrogens with one attached hydrogen (secondary N) is 2. The predicted molar refractivity (Wildman–Crippen MR) is 91.6 cm³/mol. The summed E-state index contributed by atoms with van der Waals surface area (Å²) < 4.78 is 5.28. The number of carbonyl (C=O) groups is 1. The quantitative estimate of drug-likeness (QED) is 0.892. The molecule has 0 aliphatic carbocycles. The molecule has 1 aromatic rings. The zero-order valence-corrected chi connectivity index (χ0v) is 14.5. The maximum Gasteiger partial charge on any atom is 0.407 e. The van der Waals surface area contributed by atoms with Gasteiger partial charge in [0.05, 0.1) is 0 Å². The van der Waals surface area contributed by atoms with Gasteiger partial charge in [0, 0.05) is 5.54 Å². The van der Waals surface area contributed by atoms with Crippen molar-refractivity contribution in [2.24, 2.45) is 0 Å². The number of benzene rings is 1. The van der Waals surface area contributed by atoms with E-state index in [1.807, 2.05) is 26.8 Å². The highest BCUT2D eigenvalue weighted by molar-refractivity contribution is 5.85. The first-order valence-electron chi connectivity index (χ1n) is 7.68. The number of halogens is 1. The Hall–Kier alpha value is -1.26. The lowest BCUT2D eigenvalue weighted by Crippen LogP contribution is -2.40. The molecule has 124 valence electrons. The van der Waals surface area contributed by atoms with Crippen LogP contribution in [0.1, 0.15) is 50.7 Å². The molecule has 1 aliphatic rings. The second-order valence-corrected chi connectivity index (χ2v) is 6.72. The van der Waals surface area contributed by atoms with Crippen LogP contribution in [0.4, 0.5) is 4.79 Å². The molecule has 1 aromatic carbocycles. The standard InChI is InChI=1S/C17H26N2O2.ClH/c1-17(2,3)19-16(20)21-12-13-5-4-6-15(11-13)14-7-9-18-10-8-14;/h4-6,11,14,18H,7-10,12H2,1-3H3,(H,19,20);1H. The van der Waals surface area contributed by atoms with Crippen LogP contribution in [0.2, 0.25) is 0 Å². The van der Waals surface area contributed by atoms with Crippen LogP contribution in [0.5, 0.6) is 0 Å². The minimum absolute atomic E-state index is 0. The third kappa shape index (κ3) is 6.24. The minimum Gasteiger partial charge on any atom is -0.445 e. The van der Waals surface area contributed by atoms with Crippen LogP contribution in [0, 0.1) is 0 Å². The number of alkyl carbamates (subject to hydrolysis) is 1. The van der Waals surface area contributed by atoms with Crippen LogP contribution in [-0.2, 0) is 11.3 Å². The molecule has 0 aromatic heterocycles. The number of piperidine rings is 1. The molecule has 1 fully saturated rings. The lowest BCUT2D eigenvalue weighted by atomic mass is 9.89. The van der Waals surface area contributed by atoms with Gasteiger partial charge in [-0.1, -0.05) is 24.3 Å². The van der Waals surface area contributed by atoms with E-state index in [2.05, 4.69) is 28.8 Å². The number of amides is 1. The molecule has 2 rings (SSSR count). The molecule has 0 radical (unpaired) electrons. The first kappa shape index (κ1) is 18.8. The molecule has 1 amide bonds. The molecule has 4 nitrogen and oxygen atoms in total. The topological polar surface area (TPSA) is 50.4 Å². The van der Waals surface area contributed by atoms with Gasteiger partial charge >= 0.3 is 6.09 Å². The molecule has 0 spiro atoms. The van der Waals surface area contributed by atoms with Gasteiger partial charge in [-0.2, -0.15) is 0 Å². The highest BCUT2D eigenvalue weighted by Gasteiger charge is 2.16. The Bertz CT molecular complexity index is 480. The first-order chi connectivity index (χ1) is 9.94. The van der Waals surface area contributed by atoms with Gasteiger partial charge in [0.25, 0.3) is 0 Å². The summed E-state index contributed by atoms with van der Waals surface area (Å²) in [4.78, 5) is 11.7. The average molecular weight is 327 g/mol. The molecular weight excluding hydrogens is 300 g/mol. The molecule has 0 saturated carbocycles. The van der Waals surface area contributed by atoms with E-state index in [0.29, 0.717) is 12.5 Å². The summed E-state index contributed by atoms with van der Waals surface area (Å²) in [6, 6.07) is 8.40. The molecule has 22 heavy (non-hydrogen) atoms.